The highest BCUT2D eigenvalue weighted by Gasteiger charge is 2.42. The van der Waals surface area contributed by atoms with Gasteiger partial charge < -0.3 is 4.74 Å². The molecule has 1 saturated heterocycles. The smallest absolute Gasteiger partial charge is 0.325 e. The Labute approximate surface area is 135 Å². The summed E-state index contributed by atoms with van der Waals surface area (Å²) in [5, 5.41) is 0. The van der Waals surface area contributed by atoms with Gasteiger partial charge in [-0.3, -0.25) is 4.79 Å². The predicted octanol–water partition coefficient (Wildman–Crippen LogP) is -0.506. The van der Waals surface area contributed by atoms with E-state index in [1.807, 2.05) is 0 Å². The first kappa shape index (κ1) is 17.9. The number of hydrogen-bond acceptors (Lipinski definition) is 6. The molecule has 0 unspecified atom stereocenters. The van der Waals surface area contributed by atoms with Crippen molar-refractivity contribution in [2.45, 2.75) is 10.9 Å². The van der Waals surface area contributed by atoms with Crippen molar-refractivity contribution in [1.29, 1.82) is 0 Å². The molecule has 0 bridgehead atoms. The normalized spacial score (nSPS) is 21.0. The minimum atomic E-state index is -3.92. The summed E-state index contributed by atoms with van der Waals surface area (Å²) in [5.74, 6) is -0.794. The number of sulfonamides is 2. The molecule has 1 heterocycles. The lowest BCUT2D eigenvalue weighted by molar-refractivity contribution is -0.146. The summed E-state index contributed by atoms with van der Waals surface area (Å²) in [7, 11) is -6.32. The molecule has 2 rings (SSSR count). The van der Waals surface area contributed by atoms with Crippen molar-refractivity contribution in [2.24, 2.45) is 0 Å². The van der Waals surface area contributed by atoms with Crippen LogP contribution >= 0.6 is 0 Å². The highest BCUT2D eigenvalue weighted by molar-refractivity contribution is 7.89. The van der Waals surface area contributed by atoms with Crippen LogP contribution in [0.5, 0.6) is 0 Å². The summed E-state index contributed by atoms with van der Waals surface area (Å²) >= 11 is 0. The van der Waals surface area contributed by atoms with Gasteiger partial charge in [-0.15, -0.1) is 0 Å². The quantitative estimate of drug-likeness (QED) is 0.669. The molecule has 23 heavy (non-hydrogen) atoms. The number of esters is 1. The van der Waals surface area contributed by atoms with Crippen molar-refractivity contribution in [2.75, 3.05) is 33.0 Å². The van der Waals surface area contributed by atoms with E-state index in [2.05, 4.69) is 4.74 Å². The lowest BCUT2D eigenvalue weighted by atomic mass is 10.2. The Morgan fingerprint density at radius 1 is 1.13 bits per heavy atom. The molecule has 1 aliphatic heterocycles. The van der Waals surface area contributed by atoms with Gasteiger partial charge in [-0.1, -0.05) is 18.2 Å². The first-order valence-corrected chi connectivity index (χ1v) is 10.1. The Morgan fingerprint density at radius 2 is 1.74 bits per heavy atom. The van der Waals surface area contributed by atoms with Crippen LogP contribution in [0, 0.1) is 0 Å². The first-order chi connectivity index (χ1) is 10.7. The molecule has 1 aromatic carbocycles. The fraction of sp³-hybridized carbons (Fsp3) is 0.462. The summed E-state index contributed by atoms with van der Waals surface area (Å²) in [6.07, 6.45) is 1.02. The standard InChI is InChI=1S/C13H18N2O6S2/c1-21-13(16)12-10-14(22(2,17)18)8-9-15(12)23(19,20)11-6-4-3-5-7-11/h3-7,12H,8-10H2,1-2H3/t12-/m0/s1. The summed E-state index contributed by atoms with van der Waals surface area (Å²) in [6.45, 7) is -0.403. The van der Waals surface area contributed by atoms with E-state index in [4.69, 9.17) is 0 Å². The predicted molar refractivity (Wildman–Crippen MR) is 82.6 cm³/mol. The minimum absolute atomic E-state index is 0.0155. The summed E-state index contributed by atoms with van der Waals surface area (Å²) < 4.78 is 55.5. The Hall–Kier alpha value is -1.49. The minimum Gasteiger partial charge on any atom is -0.468 e. The largest absolute Gasteiger partial charge is 0.468 e. The second-order valence-electron chi connectivity index (χ2n) is 5.09. The van der Waals surface area contributed by atoms with Crippen molar-refractivity contribution in [1.82, 2.24) is 8.61 Å². The van der Waals surface area contributed by atoms with Crippen molar-refractivity contribution >= 4 is 26.0 Å². The fourth-order valence-electron chi connectivity index (χ4n) is 2.39. The number of piperazine rings is 1. The molecular weight excluding hydrogens is 344 g/mol. The second-order valence-corrected chi connectivity index (χ2v) is 8.96. The number of benzene rings is 1. The SMILES string of the molecule is COC(=O)[C@@H]1CN(S(C)(=O)=O)CCN1S(=O)(=O)c1ccccc1. The third-order valence-electron chi connectivity index (χ3n) is 3.59. The summed E-state index contributed by atoms with van der Waals surface area (Å²) in [4.78, 5) is 12.0. The molecule has 0 spiro atoms. The van der Waals surface area contributed by atoms with Crippen LogP contribution in [0.15, 0.2) is 35.2 Å². The number of ether oxygens (including phenoxy) is 1. The Kier molecular flexibility index (Phi) is 5.09. The van der Waals surface area contributed by atoms with Crippen LogP contribution < -0.4 is 0 Å². The van der Waals surface area contributed by atoms with Crippen molar-refractivity contribution < 1.29 is 26.4 Å². The molecule has 1 aliphatic rings. The number of carbonyl (C=O) groups excluding carboxylic acids is 1. The van der Waals surface area contributed by atoms with Gasteiger partial charge in [0.05, 0.1) is 18.3 Å². The maximum atomic E-state index is 12.7. The van der Waals surface area contributed by atoms with Gasteiger partial charge in [-0.25, -0.2) is 16.8 Å². The van der Waals surface area contributed by atoms with E-state index in [1.54, 1.807) is 18.2 Å². The summed E-state index contributed by atoms with van der Waals surface area (Å²) in [5.41, 5.74) is 0. The molecule has 8 nitrogen and oxygen atoms in total. The van der Waals surface area contributed by atoms with Gasteiger partial charge in [0.2, 0.25) is 20.0 Å². The summed E-state index contributed by atoms with van der Waals surface area (Å²) in [6, 6.07) is 6.46. The Balaban J connectivity index is 2.39. The van der Waals surface area contributed by atoms with E-state index < -0.39 is 32.1 Å². The van der Waals surface area contributed by atoms with Gasteiger partial charge in [-0.05, 0) is 12.1 Å². The molecule has 1 atom stereocenters. The van der Waals surface area contributed by atoms with E-state index in [0.29, 0.717) is 0 Å². The monoisotopic (exact) mass is 362 g/mol. The highest BCUT2D eigenvalue weighted by atomic mass is 32.2. The molecule has 1 aromatic rings. The average molecular weight is 362 g/mol. The van der Waals surface area contributed by atoms with Crippen LogP contribution in [0.1, 0.15) is 0 Å². The number of hydrogen-bond donors (Lipinski definition) is 0. The first-order valence-electron chi connectivity index (χ1n) is 6.78. The van der Waals surface area contributed by atoms with Crippen LogP contribution in [0.3, 0.4) is 0 Å². The van der Waals surface area contributed by atoms with Crippen molar-refractivity contribution in [3.63, 3.8) is 0 Å². The molecule has 0 aromatic heterocycles. The number of rotatable bonds is 4. The van der Waals surface area contributed by atoms with Gasteiger partial charge in [0.15, 0.2) is 0 Å². The van der Waals surface area contributed by atoms with E-state index in [1.165, 1.54) is 12.1 Å². The van der Waals surface area contributed by atoms with Crippen molar-refractivity contribution in [3.05, 3.63) is 30.3 Å². The molecular formula is C13H18N2O6S2. The highest BCUT2D eigenvalue weighted by Crippen LogP contribution is 2.23. The van der Waals surface area contributed by atoms with Gasteiger partial charge in [0.25, 0.3) is 0 Å². The molecule has 0 aliphatic carbocycles. The van der Waals surface area contributed by atoms with Gasteiger partial charge >= 0.3 is 5.97 Å². The van der Waals surface area contributed by atoms with E-state index in [-0.39, 0.29) is 24.5 Å². The van der Waals surface area contributed by atoms with Gasteiger partial charge in [0, 0.05) is 19.6 Å². The molecule has 0 N–H and O–H groups in total. The zero-order chi connectivity index (χ0) is 17.3. The topological polar surface area (TPSA) is 101 Å². The maximum Gasteiger partial charge on any atom is 0.325 e. The van der Waals surface area contributed by atoms with Crippen LogP contribution in [0.25, 0.3) is 0 Å². The fourth-order valence-corrected chi connectivity index (χ4v) is 4.79. The average Bonchev–Trinajstić information content (AvgIpc) is 2.53. The molecule has 0 saturated carbocycles. The zero-order valence-corrected chi connectivity index (χ0v) is 14.4. The molecule has 128 valence electrons. The Morgan fingerprint density at radius 3 is 2.26 bits per heavy atom. The molecule has 0 radical (unpaired) electrons. The number of carbonyl (C=O) groups is 1. The Bertz CT molecular complexity index is 776. The molecule has 10 heteroatoms. The third-order valence-corrected chi connectivity index (χ3v) is 6.78. The van der Waals surface area contributed by atoms with E-state index in [9.17, 15) is 21.6 Å². The van der Waals surface area contributed by atoms with E-state index in [0.717, 1.165) is 22.0 Å². The van der Waals surface area contributed by atoms with Crippen LogP contribution in [-0.4, -0.2) is 70.5 Å². The van der Waals surface area contributed by atoms with E-state index >= 15 is 0 Å². The molecule has 1 fully saturated rings. The maximum absolute atomic E-state index is 12.7. The lowest BCUT2D eigenvalue weighted by Crippen LogP contribution is -2.59. The number of nitrogens with zero attached hydrogens (tertiary/aromatic N) is 2. The van der Waals surface area contributed by atoms with Crippen LogP contribution in [-0.2, 0) is 29.6 Å². The van der Waals surface area contributed by atoms with Crippen LogP contribution in [0.2, 0.25) is 0 Å². The third kappa shape index (κ3) is 3.71. The van der Waals surface area contributed by atoms with Crippen molar-refractivity contribution in [3.8, 4) is 0 Å². The second kappa shape index (κ2) is 6.56. The number of methoxy groups -OCH3 is 1. The van der Waals surface area contributed by atoms with Gasteiger partial charge in [0.1, 0.15) is 6.04 Å². The van der Waals surface area contributed by atoms with Crippen LogP contribution in [0.4, 0.5) is 0 Å². The lowest BCUT2D eigenvalue weighted by Gasteiger charge is -2.37. The zero-order valence-electron chi connectivity index (χ0n) is 12.7. The van der Waals surface area contributed by atoms with Gasteiger partial charge in [-0.2, -0.15) is 8.61 Å². The molecule has 0 amide bonds.